The normalized spacial score (nSPS) is 14.3. The van der Waals surface area contributed by atoms with Crippen LogP contribution in [-0.2, 0) is 13.1 Å². The molecule has 0 radical (unpaired) electrons. The van der Waals surface area contributed by atoms with Crippen molar-refractivity contribution in [3.63, 3.8) is 0 Å². The number of aryl methyl sites for hydroxylation is 1. The molecule has 3 rings (SSSR count). The van der Waals surface area contributed by atoms with Gasteiger partial charge in [-0.25, -0.2) is 15.0 Å². The summed E-state index contributed by atoms with van der Waals surface area (Å²) in [5, 5.41) is 0.291. The Kier molecular flexibility index (Phi) is 3.87. The number of carbonyl (C=O) groups excluding carboxylic acids is 1. The number of aromatic nitrogens is 4. The van der Waals surface area contributed by atoms with Crippen LogP contribution >= 0.6 is 11.6 Å². The number of fused-ring (bicyclic) bond motifs is 1. The van der Waals surface area contributed by atoms with Crippen LogP contribution in [0.25, 0.3) is 0 Å². The molecule has 0 unspecified atom stereocenters. The van der Waals surface area contributed by atoms with E-state index in [9.17, 15) is 4.79 Å². The largest absolute Gasteiger partial charge is 0.331 e. The van der Waals surface area contributed by atoms with Crippen molar-refractivity contribution in [1.29, 1.82) is 0 Å². The van der Waals surface area contributed by atoms with Gasteiger partial charge < -0.3 is 9.47 Å². The second kappa shape index (κ2) is 5.68. The SMILES string of the molecule is Cc1cn2c(n1)CN(C(=O)c1nc(C(C)C)ncc1Cl)CC2. The van der Waals surface area contributed by atoms with Crippen molar-refractivity contribution < 1.29 is 4.79 Å². The summed E-state index contributed by atoms with van der Waals surface area (Å²) in [5.41, 5.74) is 1.24. The van der Waals surface area contributed by atoms with E-state index in [0.29, 0.717) is 23.9 Å². The highest BCUT2D eigenvalue weighted by atomic mass is 35.5. The lowest BCUT2D eigenvalue weighted by Gasteiger charge is -2.27. The summed E-state index contributed by atoms with van der Waals surface area (Å²) >= 11 is 6.13. The topological polar surface area (TPSA) is 63.9 Å². The second-order valence-corrected chi connectivity index (χ2v) is 6.21. The average Bonchev–Trinajstić information content (AvgIpc) is 2.85. The number of hydrogen-bond acceptors (Lipinski definition) is 4. The van der Waals surface area contributed by atoms with Crippen LogP contribution in [0.4, 0.5) is 0 Å². The third-order valence-corrected chi connectivity index (χ3v) is 3.97. The molecule has 0 atom stereocenters. The Bertz CT molecular complexity index is 725. The number of imidazole rings is 1. The van der Waals surface area contributed by atoms with Crippen LogP contribution in [0.3, 0.4) is 0 Å². The molecule has 1 amide bonds. The monoisotopic (exact) mass is 319 g/mol. The summed E-state index contributed by atoms with van der Waals surface area (Å²) in [6, 6.07) is 0. The molecule has 0 N–H and O–H groups in total. The number of carbonyl (C=O) groups is 1. The number of rotatable bonds is 2. The maximum Gasteiger partial charge on any atom is 0.274 e. The van der Waals surface area contributed by atoms with E-state index in [4.69, 9.17) is 11.6 Å². The van der Waals surface area contributed by atoms with Crippen molar-refractivity contribution >= 4 is 17.5 Å². The first kappa shape index (κ1) is 15.0. The van der Waals surface area contributed by atoms with Crippen LogP contribution in [0.15, 0.2) is 12.4 Å². The highest BCUT2D eigenvalue weighted by Gasteiger charge is 2.26. The summed E-state index contributed by atoms with van der Waals surface area (Å²) in [4.78, 5) is 27.4. The fourth-order valence-corrected chi connectivity index (χ4v) is 2.70. The fourth-order valence-electron chi connectivity index (χ4n) is 2.53. The number of hydrogen-bond donors (Lipinski definition) is 0. The minimum absolute atomic E-state index is 0.145. The summed E-state index contributed by atoms with van der Waals surface area (Å²) in [6.45, 7) is 7.76. The van der Waals surface area contributed by atoms with Crippen LogP contribution in [-0.4, -0.2) is 36.9 Å². The third-order valence-electron chi connectivity index (χ3n) is 3.69. The van der Waals surface area contributed by atoms with Crippen LogP contribution in [0.1, 0.15) is 47.6 Å². The van der Waals surface area contributed by atoms with Gasteiger partial charge in [-0.2, -0.15) is 0 Å². The maximum atomic E-state index is 12.7. The molecule has 2 aromatic heterocycles. The second-order valence-electron chi connectivity index (χ2n) is 5.80. The minimum atomic E-state index is -0.166. The molecule has 0 spiro atoms. The molecule has 0 aliphatic carbocycles. The van der Waals surface area contributed by atoms with E-state index in [1.165, 1.54) is 6.20 Å². The Morgan fingerprint density at radius 3 is 2.82 bits per heavy atom. The van der Waals surface area contributed by atoms with Gasteiger partial charge in [0.1, 0.15) is 11.6 Å². The van der Waals surface area contributed by atoms with Gasteiger partial charge in [-0.05, 0) is 6.92 Å². The molecule has 0 saturated carbocycles. The van der Waals surface area contributed by atoms with Gasteiger partial charge >= 0.3 is 0 Å². The Morgan fingerprint density at radius 2 is 2.09 bits per heavy atom. The minimum Gasteiger partial charge on any atom is -0.331 e. The Morgan fingerprint density at radius 1 is 1.32 bits per heavy atom. The Balaban J connectivity index is 1.87. The molecule has 2 aromatic rings. The zero-order valence-electron chi connectivity index (χ0n) is 12.9. The zero-order valence-corrected chi connectivity index (χ0v) is 13.6. The van der Waals surface area contributed by atoms with E-state index in [1.807, 2.05) is 27.0 Å². The summed E-state index contributed by atoms with van der Waals surface area (Å²) in [7, 11) is 0. The molecule has 1 aliphatic heterocycles. The fraction of sp³-hybridized carbons (Fsp3) is 0.467. The smallest absolute Gasteiger partial charge is 0.274 e. The molecule has 3 heterocycles. The van der Waals surface area contributed by atoms with Crippen molar-refractivity contribution in [2.45, 2.75) is 39.8 Å². The number of halogens is 1. The summed E-state index contributed by atoms with van der Waals surface area (Å²) in [6.07, 6.45) is 3.51. The first-order chi connectivity index (χ1) is 10.5. The van der Waals surface area contributed by atoms with E-state index < -0.39 is 0 Å². The van der Waals surface area contributed by atoms with E-state index in [1.54, 1.807) is 4.90 Å². The third kappa shape index (κ3) is 2.70. The molecule has 6 nitrogen and oxygen atoms in total. The van der Waals surface area contributed by atoms with Gasteiger partial charge in [0.25, 0.3) is 5.91 Å². The molecule has 1 aliphatic rings. The summed E-state index contributed by atoms with van der Waals surface area (Å²) in [5.74, 6) is 1.50. The van der Waals surface area contributed by atoms with Crippen molar-refractivity contribution in [3.05, 3.63) is 40.5 Å². The molecule has 0 aromatic carbocycles. The van der Waals surface area contributed by atoms with Crippen LogP contribution < -0.4 is 0 Å². The van der Waals surface area contributed by atoms with Gasteiger partial charge in [0.2, 0.25) is 0 Å². The van der Waals surface area contributed by atoms with Crippen LogP contribution in [0.2, 0.25) is 5.02 Å². The van der Waals surface area contributed by atoms with Crippen molar-refractivity contribution in [2.24, 2.45) is 0 Å². The lowest BCUT2D eigenvalue weighted by molar-refractivity contribution is 0.0701. The van der Waals surface area contributed by atoms with E-state index in [0.717, 1.165) is 18.1 Å². The zero-order chi connectivity index (χ0) is 15.9. The number of amides is 1. The van der Waals surface area contributed by atoms with E-state index in [-0.39, 0.29) is 17.5 Å². The van der Waals surface area contributed by atoms with Gasteiger partial charge in [-0.3, -0.25) is 4.79 Å². The van der Waals surface area contributed by atoms with Gasteiger partial charge in [-0.15, -0.1) is 0 Å². The predicted octanol–water partition coefficient (Wildman–Crippen LogP) is 2.41. The molecular weight excluding hydrogens is 302 g/mol. The standard InChI is InChI=1S/C15H18ClN5O/c1-9(2)14-17-6-11(16)13(19-14)15(22)21-5-4-20-7-10(3)18-12(20)8-21/h6-7,9H,4-5,8H2,1-3H3. The van der Waals surface area contributed by atoms with Gasteiger partial charge in [0.05, 0.1) is 23.5 Å². The predicted molar refractivity (Wildman–Crippen MR) is 82.8 cm³/mol. The van der Waals surface area contributed by atoms with Crippen molar-refractivity contribution in [2.75, 3.05) is 6.54 Å². The molecule has 0 bridgehead atoms. The van der Waals surface area contributed by atoms with E-state index >= 15 is 0 Å². The average molecular weight is 320 g/mol. The summed E-state index contributed by atoms with van der Waals surface area (Å²) < 4.78 is 2.08. The van der Waals surface area contributed by atoms with Crippen molar-refractivity contribution in [1.82, 2.24) is 24.4 Å². The van der Waals surface area contributed by atoms with Gasteiger partial charge in [-0.1, -0.05) is 25.4 Å². The first-order valence-corrected chi connectivity index (χ1v) is 7.68. The highest BCUT2D eigenvalue weighted by molar-refractivity contribution is 6.33. The molecular formula is C15H18ClN5O. The Hall–Kier alpha value is -1.95. The van der Waals surface area contributed by atoms with Gasteiger partial charge in [0.15, 0.2) is 5.69 Å². The quantitative estimate of drug-likeness (QED) is 0.852. The molecule has 7 heteroatoms. The van der Waals surface area contributed by atoms with Crippen LogP contribution in [0, 0.1) is 6.92 Å². The highest BCUT2D eigenvalue weighted by Crippen LogP contribution is 2.20. The maximum absolute atomic E-state index is 12.7. The molecule has 116 valence electrons. The van der Waals surface area contributed by atoms with E-state index in [2.05, 4.69) is 19.5 Å². The first-order valence-electron chi connectivity index (χ1n) is 7.30. The van der Waals surface area contributed by atoms with Crippen LogP contribution in [0.5, 0.6) is 0 Å². The van der Waals surface area contributed by atoms with Gasteiger partial charge in [0, 0.05) is 25.2 Å². The molecule has 0 saturated heterocycles. The van der Waals surface area contributed by atoms with Crippen molar-refractivity contribution in [3.8, 4) is 0 Å². The lowest BCUT2D eigenvalue weighted by Crippen LogP contribution is -2.39. The lowest BCUT2D eigenvalue weighted by atomic mass is 10.2. The molecule has 0 fully saturated rings. The number of nitrogens with zero attached hydrogens (tertiary/aromatic N) is 5. The molecule has 22 heavy (non-hydrogen) atoms. The Labute approximate surface area is 134 Å².